The molecule has 0 saturated heterocycles. The van der Waals surface area contributed by atoms with Crippen LogP contribution >= 0.6 is 15.9 Å². The Balaban J connectivity index is 2.16. The quantitative estimate of drug-likeness (QED) is 0.0340. The highest BCUT2D eigenvalue weighted by molar-refractivity contribution is 9.09. The van der Waals surface area contributed by atoms with Gasteiger partial charge in [0.25, 0.3) is 5.91 Å². The summed E-state index contributed by atoms with van der Waals surface area (Å²) in [5.41, 5.74) is 6.79. The molecule has 2 aromatic carbocycles. The second-order valence-corrected chi connectivity index (χ2v) is 11.2. The topological polar surface area (TPSA) is 203 Å². The summed E-state index contributed by atoms with van der Waals surface area (Å²) >= 11 is 3.04. The van der Waals surface area contributed by atoms with E-state index in [0.717, 1.165) is 10.4 Å². The van der Waals surface area contributed by atoms with E-state index in [4.69, 9.17) is 20.4 Å². The third-order valence-electron chi connectivity index (χ3n) is 6.08. The van der Waals surface area contributed by atoms with E-state index < -0.39 is 60.1 Å². The van der Waals surface area contributed by atoms with Crippen LogP contribution in [0.4, 0.5) is 0 Å². The minimum atomic E-state index is -1.19. The molecule has 0 aliphatic rings. The Hall–Kier alpha value is -4.24. The summed E-state index contributed by atoms with van der Waals surface area (Å²) < 4.78 is 10.2. The van der Waals surface area contributed by atoms with Gasteiger partial charge in [-0.3, -0.25) is 29.4 Å². The fraction of sp³-hybridized carbons (Fsp3) is 0.448. The van der Waals surface area contributed by atoms with Crippen LogP contribution in [0.15, 0.2) is 47.7 Å². The van der Waals surface area contributed by atoms with E-state index in [1.807, 2.05) is 18.2 Å². The summed E-state index contributed by atoms with van der Waals surface area (Å²) in [6.45, 7) is 4.31. The first-order valence-electron chi connectivity index (χ1n) is 13.7. The number of nitrogens with zero attached hydrogens (tertiary/aromatic N) is 2. The fourth-order valence-electron chi connectivity index (χ4n) is 4.05. The van der Waals surface area contributed by atoms with Crippen LogP contribution in [0.2, 0.25) is 0 Å². The first-order chi connectivity index (χ1) is 20.8. The Labute approximate surface area is 263 Å². The number of nitrogens with one attached hydrogen (secondary N) is 5. The van der Waals surface area contributed by atoms with Crippen LogP contribution in [-0.2, 0) is 28.7 Å². The monoisotopic (exact) mass is 675 g/mol. The Morgan fingerprint density at radius 1 is 1.02 bits per heavy atom. The third kappa shape index (κ3) is 11.4. The number of carbonyl (C=O) groups excluding carboxylic acids is 5. The maximum atomic E-state index is 13.3. The van der Waals surface area contributed by atoms with E-state index in [1.165, 1.54) is 7.11 Å². The van der Waals surface area contributed by atoms with Crippen molar-refractivity contribution in [1.82, 2.24) is 21.0 Å². The number of alkyl halides is 1. The fourth-order valence-corrected chi connectivity index (χ4v) is 4.44. The number of esters is 1. The van der Waals surface area contributed by atoms with E-state index in [2.05, 4.69) is 37.1 Å². The SMILES string of the molecule is COCN(N=N)C(=N)CCC(NC(=O)c1cccc2ccccc12)C(=O)NCC(=O)NC(CC(=O)OC(C)(C)C)C(=O)CBr. The molecule has 0 aromatic heterocycles. The maximum Gasteiger partial charge on any atom is 0.308 e. The molecule has 0 radical (unpaired) electrons. The maximum absolute atomic E-state index is 13.3. The summed E-state index contributed by atoms with van der Waals surface area (Å²) in [7, 11) is 1.38. The van der Waals surface area contributed by atoms with Crippen LogP contribution in [0.1, 0.15) is 50.4 Å². The Kier molecular flexibility index (Phi) is 14.0. The van der Waals surface area contributed by atoms with Gasteiger partial charge >= 0.3 is 5.97 Å². The zero-order chi connectivity index (χ0) is 32.9. The van der Waals surface area contributed by atoms with Gasteiger partial charge in [-0.2, -0.15) is 5.53 Å². The van der Waals surface area contributed by atoms with Crippen molar-refractivity contribution in [2.45, 2.75) is 57.7 Å². The van der Waals surface area contributed by atoms with Crippen LogP contribution in [0.25, 0.3) is 10.8 Å². The lowest BCUT2D eigenvalue weighted by Gasteiger charge is -2.23. The highest BCUT2D eigenvalue weighted by Crippen LogP contribution is 2.19. The van der Waals surface area contributed by atoms with Crippen molar-refractivity contribution in [3.05, 3.63) is 48.0 Å². The molecule has 14 nitrogen and oxygen atoms in total. The number of hydrogen-bond acceptors (Lipinski definition) is 10. The smallest absolute Gasteiger partial charge is 0.308 e. The van der Waals surface area contributed by atoms with Gasteiger partial charge in [-0.05, 0) is 44.0 Å². The molecule has 0 heterocycles. The van der Waals surface area contributed by atoms with Crippen LogP contribution in [0, 0.1) is 10.9 Å². The molecule has 44 heavy (non-hydrogen) atoms. The molecular formula is C29H38BrN7O7. The molecule has 0 spiro atoms. The summed E-state index contributed by atoms with van der Waals surface area (Å²) in [5.74, 6) is -3.28. The van der Waals surface area contributed by atoms with Crippen LogP contribution in [0.3, 0.4) is 0 Å². The Bertz CT molecular complexity index is 1370. The van der Waals surface area contributed by atoms with E-state index in [-0.39, 0.29) is 30.7 Å². The lowest BCUT2D eigenvalue weighted by Crippen LogP contribution is -2.51. The highest BCUT2D eigenvalue weighted by atomic mass is 79.9. The number of methoxy groups -OCH3 is 1. The standard InChI is InChI=1S/C29H38BrN7O7/c1-29(2,3)44-26(40)14-22(23(38)15-30)34-25(39)16-33-28(42)21(12-13-24(31)37(36-32)17-43-4)35-27(41)20-11-7-9-18-8-5-6-10-19(18)20/h5-11,21-22,31-32H,12-17H2,1-4H3,(H,33,42)(H,34,39)(H,35,41). The van der Waals surface area contributed by atoms with Gasteiger partial charge in [0.1, 0.15) is 24.2 Å². The number of Topliss-reactive ketones (excluding diaryl/α,β-unsaturated/α-hetero) is 1. The molecule has 15 heteroatoms. The number of rotatable bonds is 16. The van der Waals surface area contributed by atoms with Gasteiger partial charge in [-0.25, -0.2) is 5.01 Å². The largest absolute Gasteiger partial charge is 0.460 e. The highest BCUT2D eigenvalue weighted by Gasteiger charge is 2.28. The van der Waals surface area contributed by atoms with Gasteiger partial charge in [0, 0.05) is 19.1 Å². The second kappa shape index (κ2) is 17.2. The van der Waals surface area contributed by atoms with Gasteiger partial charge < -0.3 is 25.4 Å². The number of amidine groups is 1. The van der Waals surface area contributed by atoms with Gasteiger partial charge in [0.15, 0.2) is 5.78 Å². The van der Waals surface area contributed by atoms with Gasteiger partial charge in [0.05, 0.1) is 24.3 Å². The number of hydrogen-bond donors (Lipinski definition) is 5. The van der Waals surface area contributed by atoms with E-state index in [0.29, 0.717) is 10.9 Å². The van der Waals surface area contributed by atoms with Crippen molar-refractivity contribution in [3.8, 4) is 0 Å². The molecule has 238 valence electrons. The first kappa shape index (κ1) is 36.0. The molecule has 0 fully saturated rings. The molecule has 0 aliphatic heterocycles. The molecule has 3 amide bonds. The van der Waals surface area contributed by atoms with Crippen LogP contribution in [-0.4, -0.2) is 83.7 Å². The Morgan fingerprint density at radius 3 is 2.34 bits per heavy atom. The zero-order valence-electron chi connectivity index (χ0n) is 25.1. The predicted molar refractivity (Wildman–Crippen MR) is 165 cm³/mol. The van der Waals surface area contributed by atoms with Gasteiger partial charge in [0.2, 0.25) is 11.8 Å². The molecule has 2 aromatic rings. The van der Waals surface area contributed by atoms with Crippen LogP contribution < -0.4 is 16.0 Å². The molecule has 0 aliphatic carbocycles. The lowest BCUT2D eigenvalue weighted by molar-refractivity contribution is -0.156. The number of fused-ring (bicyclic) bond motifs is 1. The average molecular weight is 677 g/mol. The number of benzene rings is 2. The summed E-state index contributed by atoms with van der Waals surface area (Å²) in [4.78, 5) is 63.9. The van der Waals surface area contributed by atoms with Crippen molar-refractivity contribution >= 4 is 62.0 Å². The molecule has 2 unspecified atom stereocenters. The van der Waals surface area contributed by atoms with Crippen molar-refractivity contribution in [1.29, 1.82) is 10.9 Å². The Morgan fingerprint density at radius 2 is 1.70 bits per heavy atom. The van der Waals surface area contributed by atoms with Crippen LogP contribution in [0.5, 0.6) is 0 Å². The average Bonchev–Trinajstić information content (AvgIpc) is 2.98. The molecule has 2 rings (SSSR count). The number of halogens is 1. The van der Waals surface area contributed by atoms with Crippen molar-refractivity contribution in [3.63, 3.8) is 0 Å². The van der Waals surface area contributed by atoms with Crippen molar-refractivity contribution in [2.75, 3.05) is 25.7 Å². The van der Waals surface area contributed by atoms with E-state index in [1.54, 1.807) is 45.0 Å². The number of carbonyl (C=O) groups is 5. The summed E-state index contributed by atoms with van der Waals surface area (Å²) in [6, 6.07) is 10.1. The van der Waals surface area contributed by atoms with E-state index in [9.17, 15) is 24.0 Å². The zero-order valence-corrected chi connectivity index (χ0v) is 26.7. The van der Waals surface area contributed by atoms with Gasteiger partial charge in [-0.15, -0.1) is 0 Å². The lowest BCUT2D eigenvalue weighted by atomic mass is 10.0. The summed E-state index contributed by atoms with van der Waals surface area (Å²) in [6.07, 6.45) is -0.530. The predicted octanol–water partition coefficient (Wildman–Crippen LogP) is 2.84. The second-order valence-electron chi connectivity index (χ2n) is 10.7. The van der Waals surface area contributed by atoms with Crippen molar-refractivity contribution in [2.24, 2.45) is 5.22 Å². The minimum absolute atomic E-state index is 0.0659. The minimum Gasteiger partial charge on any atom is -0.460 e. The third-order valence-corrected chi connectivity index (χ3v) is 6.63. The molecular weight excluding hydrogens is 638 g/mol. The molecule has 0 saturated carbocycles. The first-order valence-corrected chi connectivity index (χ1v) is 14.8. The van der Waals surface area contributed by atoms with Gasteiger partial charge in [-0.1, -0.05) is 57.6 Å². The molecule has 5 N–H and O–H groups in total. The molecule has 0 bridgehead atoms. The number of amides is 3. The number of ether oxygens (including phenoxy) is 2. The normalized spacial score (nSPS) is 12.4. The number of ketones is 1. The molecule has 2 atom stereocenters. The van der Waals surface area contributed by atoms with E-state index >= 15 is 0 Å². The van der Waals surface area contributed by atoms with Crippen molar-refractivity contribution < 1.29 is 33.4 Å². The summed E-state index contributed by atoms with van der Waals surface area (Å²) in [5, 5.41) is 21.3.